The zero-order valence-corrected chi connectivity index (χ0v) is 12.4. The molecule has 2 rings (SSSR count). The lowest BCUT2D eigenvalue weighted by atomic mass is 10.0. The molecule has 5 nitrogen and oxygen atoms in total. The first-order valence-corrected chi connectivity index (χ1v) is 8.54. The fourth-order valence-corrected chi connectivity index (χ4v) is 3.48. The number of carbonyl (C=O) groups is 1. The Hall–Kier alpha value is -1.40. The van der Waals surface area contributed by atoms with Crippen LogP contribution in [-0.2, 0) is 21.2 Å². The van der Waals surface area contributed by atoms with E-state index < -0.39 is 10.0 Å². The maximum atomic E-state index is 12.0. The van der Waals surface area contributed by atoms with Crippen molar-refractivity contribution < 1.29 is 13.2 Å². The molecule has 1 aliphatic rings. The quantitative estimate of drug-likeness (QED) is 0.860. The van der Waals surface area contributed by atoms with E-state index in [0.717, 1.165) is 17.7 Å². The standard InChI is InChI=1S/C14H20N2O3S/c1-2-11-20(18,19)15-9-10-16-13-6-4-3-5-12(13)7-8-14(16)17/h3-6,15H,2,7-11H2,1H3. The summed E-state index contributed by atoms with van der Waals surface area (Å²) in [7, 11) is -3.22. The lowest BCUT2D eigenvalue weighted by Gasteiger charge is -2.29. The highest BCUT2D eigenvalue weighted by molar-refractivity contribution is 7.89. The molecular formula is C14H20N2O3S. The highest BCUT2D eigenvalue weighted by Crippen LogP contribution is 2.26. The number of nitrogens with zero attached hydrogens (tertiary/aromatic N) is 1. The molecule has 110 valence electrons. The van der Waals surface area contributed by atoms with Crippen LogP contribution >= 0.6 is 0 Å². The van der Waals surface area contributed by atoms with Crippen LogP contribution in [0.5, 0.6) is 0 Å². The first-order chi connectivity index (χ1) is 9.53. The smallest absolute Gasteiger partial charge is 0.227 e. The number of sulfonamides is 1. The number of para-hydroxylation sites is 1. The number of hydrogen-bond donors (Lipinski definition) is 1. The summed E-state index contributed by atoms with van der Waals surface area (Å²) in [5, 5.41) is 0. The second kappa shape index (κ2) is 6.37. The third-order valence-electron chi connectivity index (χ3n) is 3.32. The van der Waals surface area contributed by atoms with Gasteiger partial charge in [0.1, 0.15) is 0 Å². The fourth-order valence-electron chi connectivity index (χ4n) is 2.40. The van der Waals surface area contributed by atoms with Gasteiger partial charge in [0, 0.05) is 25.2 Å². The van der Waals surface area contributed by atoms with E-state index in [-0.39, 0.29) is 18.2 Å². The van der Waals surface area contributed by atoms with Gasteiger partial charge < -0.3 is 4.90 Å². The second-order valence-corrected chi connectivity index (χ2v) is 6.81. The van der Waals surface area contributed by atoms with Crippen molar-refractivity contribution in [2.24, 2.45) is 0 Å². The lowest BCUT2D eigenvalue weighted by molar-refractivity contribution is -0.118. The van der Waals surface area contributed by atoms with Gasteiger partial charge in [-0.2, -0.15) is 0 Å². The molecule has 0 spiro atoms. The number of benzene rings is 1. The molecule has 1 aliphatic heterocycles. The van der Waals surface area contributed by atoms with Crippen molar-refractivity contribution in [3.05, 3.63) is 29.8 Å². The Labute approximate surface area is 120 Å². The van der Waals surface area contributed by atoms with Crippen molar-refractivity contribution in [1.82, 2.24) is 4.72 Å². The van der Waals surface area contributed by atoms with Gasteiger partial charge in [0.2, 0.25) is 15.9 Å². The number of rotatable bonds is 6. The van der Waals surface area contributed by atoms with E-state index in [0.29, 0.717) is 19.4 Å². The highest BCUT2D eigenvalue weighted by atomic mass is 32.2. The summed E-state index contributed by atoms with van der Waals surface area (Å²) in [4.78, 5) is 13.7. The van der Waals surface area contributed by atoms with E-state index in [4.69, 9.17) is 0 Å². The average Bonchev–Trinajstić information content (AvgIpc) is 2.41. The summed E-state index contributed by atoms with van der Waals surface area (Å²) in [6, 6.07) is 7.77. The number of anilines is 1. The van der Waals surface area contributed by atoms with Crippen molar-refractivity contribution in [2.45, 2.75) is 26.2 Å². The maximum absolute atomic E-state index is 12.0. The van der Waals surface area contributed by atoms with E-state index in [1.165, 1.54) is 0 Å². The van der Waals surface area contributed by atoms with Crippen LogP contribution in [-0.4, -0.2) is 33.2 Å². The monoisotopic (exact) mass is 296 g/mol. The molecule has 20 heavy (non-hydrogen) atoms. The molecular weight excluding hydrogens is 276 g/mol. The van der Waals surface area contributed by atoms with Gasteiger partial charge in [-0.05, 0) is 24.5 Å². The van der Waals surface area contributed by atoms with E-state index in [9.17, 15) is 13.2 Å². The van der Waals surface area contributed by atoms with E-state index in [2.05, 4.69) is 4.72 Å². The first-order valence-electron chi connectivity index (χ1n) is 6.89. The van der Waals surface area contributed by atoms with Crippen molar-refractivity contribution >= 4 is 21.6 Å². The third-order valence-corrected chi connectivity index (χ3v) is 4.91. The Balaban J connectivity index is 2.01. The molecule has 1 heterocycles. The normalized spacial score (nSPS) is 15.2. The minimum Gasteiger partial charge on any atom is -0.311 e. The van der Waals surface area contributed by atoms with Crippen LogP contribution in [0.2, 0.25) is 0 Å². The zero-order valence-electron chi connectivity index (χ0n) is 11.6. The summed E-state index contributed by atoms with van der Waals surface area (Å²) in [5.41, 5.74) is 2.04. The fraction of sp³-hybridized carbons (Fsp3) is 0.500. The Morgan fingerprint density at radius 2 is 2.00 bits per heavy atom. The van der Waals surface area contributed by atoms with Crippen LogP contribution in [0.1, 0.15) is 25.3 Å². The van der Waals surface area contributed by atoms with Crippen molar-refractivity contribution in [1.29, 1.82) is 0 Å². The number of aryl methyl sites for hydroxylation is 1. The van der Waals surface area contributed by atoms with Gasteiger partial charge in [0.15, 0.2) is 0 Å². The SMILES string of the molecule is CCCS(=O)(=O)NCCN1C(=O)CCc2ccccc21. The van der Waals surface area contributed by atoms with Crippen LogP contribution < -0.4 is 9.62 Å². The predicted octanol–water partition coefficient (Wildman–Crippen LogP) is 1.30. The molecule has 6 heteroatoms. The predicted molar refractivity (Wildman–Crippen MR) is 79.2 cm³/mol. The molecule has 0 bridgehead atoms. The number of fused-ring (bicyclic) bond motifs is 1. The number of amides is 1. The molecule has 1 aromatic carbocycles. The van der Waals surface area contributed by atoms with Gasteiger partial charge >= 0.3 is 0 Å². The first kappa shape index (κ1) is 15.0. The Bertz CT molecular complexity index is 584. The molecule has 0 aliphatic carbocycles. The van der Waals surface area contributed by atoms with Crippen molar-refractivity contribution in [2.75, 3.05) is 23.7 Å². The van der Waals surface area contributed by atoms with E-state index in [1.54, 1.807) is 4.90 Å². The van der Waals surface area contributed by atoms with Crippen molar-refractivity contribution in [3.8, 4) is 0 Å². The lowest BCUT2D eigenvalue weighted by Crippen LogP contribution is -2.41. The van der Waals surface area contributed by atoms with Gasteiger partial charge in [0.05, 0.1) is 5.75 Å². The van der Waals surface area contributed by atoms with Gasteiger partial charge in [0.25, 0.3) is 0 Å². The topological polar surface area (TPSA) is 66.5 Å². The van der Waals surface area contributed by atoms with Crippen LogP contribution in [0.15, 0.2) is 24.3 Å². The second-order valence-electron chi connectivity index (χ2n) is 4.89. The zero-order chi connectivity index (χ0) is 14.6. The van der Waals surface area contributed by atoms with Gasteiger partial charge in [-0.25, -0.2) is 13.1 Å². The number of carbonyl (C=O) groups excluding carboxylic acids is 1. The Kier molecular flexibility index (Phi) is 4.77. The molecule has 0 radical (unpaired) electrons. The number of nitrogens with one attached hydrogen (secondary N) is 1. The summed E-state index contributed by atoms with van der Waals surface area (Å²) >= 11 is 0. The summed E-state index contributed by atoms with van der Waals surface area (Å²) in [5.74, 6) is 0.177. The summed E-state index contributed by atoms with van der Waals surface area (Å²) < 4.78 is 25.7. The van der Waals surface area contributed by atoms with Gasteiger partial charge in [-0.15, -0.1) is 0 Å². The van der Waals surface area contributed by atoms with Gasteiger partial charge in [-0.1, -0.05) is 25.1 Å². The van der Waals surface area contributed by atoms with Crippen LogP contribution in [0.4, 0.5) is 5.69 Å². The molecule has 1 amide bonds. The van der Waals surface area contributed by atoms with Crippen molar-refractivity contribution in [3.63, 3.8) is 0 Å². The van der Waals surface area contributed by atoms with Crippen LogP contribution in [0.3, 0.4) is 0 Å². The minimum atomic E-state index is -3.22. The molecule has 0 saturated heterocycles. The third kappa shape index (κ3) is 3.58. The highest BCUT2D eigenvalue weighted by Gasteiger charge is 2.23. The molecule has 1 N–H and O–H groups in total. The van der Waals surface area contributed by atoms with Crippen LogP contribution in [0.25, 0.3) is 0 Å². The van der Waals surface area contributed by atoms with E-state index >= 15 is 0 Å². The molecule has 0 aromatic heterocycles. The average molecular weight is 296 g/mol. The molecule has 0 saturated carbocycles. The molecule has 0 atom stereocenters. The molecule has 1 aromatic rings. The largest absolute Gasteiger partial charge is 0.311 e. The maximum Gasteiger partial charge on any atom is 0.227 e. The number of hydrogen-bond acceptors (Lipinski definition) is 3. The summed E-state index contributed by atoms with van der Waals surface area (Å²) in [6.45, 7) is 2.45. The molecule has 0 unspecified atom stereocenters. The molecule has 0 fully saturated rings. The summed E-state index contributed by atoms with van der Waals surface area (Å²) in [6.07, 6.45) is 1.83. The van der Waals surface area contributed by atoms with E-state index in [1.807, 2.05) is 31.2 Å². The van der Waals surface area contributed by atoms with Gasteiger partial charge in [-0.3, -0.25) is 4.79 Å². The minimum absolute atomic E-state index is 0.0541. The Morgan fingerprint density at radius 1 is 1.25 bits per heavy atom. The van der Waals surface area contributed by atoms with Crippen LogP contribution in [0, 0.1) is 0 Å². The Morgan fingerprint density at radius 3 is 2.75 bits per heavy atom.